The molecule has 2 N–H and O–H groups in total. The highest BCUT2D eigenvalue weighted by atomic mass is 127. The molecule has 1 aromatic rings. The molecule has 1 fully saturated rings. The van der Waals surface area contributed by atoms with Crippen LogP contribution in [0.2, 0.25) is 0 Å². The van der Waals surface area contributed by atoms with E-state index in [1.54, 1.807) is 0 Å². The molecule has 1 unspecified atom stereocenters. The smallest absolute Gasteiger partial charge is 0.191 e. The standard InChI is InChI=1S/C18H29FN4.HI/c1-4-20-18(22-16-7-5-6-8-16)21-13-17(23(2)3)14-9-11-15(19)12-10-14;/h9-12,16-17H,4-8,13H2,1-3H3,(H2,20,21,22);1H. The summed E-state index contributed by atoms with van der Waals surface area (Å²) < 4.78 is 13.1. The van der Waals surface area contributed by atoms with Gasteiger partial charge in [0.1, 0.15) is 5.82 Å². The molecular weight excluding hydrogens is 418 g/mol. The molecule has 0 saturated heterocycles. The van der Waals surface area contributed by atoms with Crippen LogP contribution in [0.1, 0.15) is 44.2 Å². The molecule has 1 atom stereocenters. The van der Waals surface area contributed by atoms with Crippen LogP contribution in [0.3, 0.4) is 0 Å². The summed E-state index contributed by atoms with van der Waals surface area (Å²) in [5.41, 5.74) is 1.08. The van der Waals surface area contributed by atoms with Crippen molar-refractivity contribution in [1.82, 2.24) is 15.5 Å². The molecule has 1 aliphatic carbocycles. The van der Waals surface area contributed by atoms with Crippen molar-refractivity contribution >= 4 is 29.9 Å². The fraction of sp³-hybridized carbons (Fsp3) is 0.611. The van der Waals surface area contributed by atoms with Gasteiger partial charge < -0.3 is 15.5 Å². The third-order valence-corrected chi connectivity index (χ3v) is 4.34. The molecule has 24 heavy (non-hydrogen) atoms. The molecule has 1 aliphatic rings. The zero-order valence-electron chi connectivity index (χ0n) is 14.9. The highest BCUT2D eigenvalue weighted by Gasteiger charge is 2.17. The molecule has 1 aromatic carbocycles. The second-order valence-corrected chi connectivity index (χ2v) is 6.38. The molecule has 0 spiro atoms. The summed E-state index contributed by atoms with van der Waals surface area (Å²) in [6, 6.07) is 7.38. The number of nitrogens with zero attached hydrogens (tertiary/aromatic N) is 2. The van der Waals surface area contributed by atoms with Crippen molar-refractivity contribution in [1.29, 1.82) is 0 Å². The summed E-state index contributed by atoms with van der Waals surface area (Å²) in [4.78, 5) is 6.88. The van der Waals surface area contributed by atoms with Crippen LogP contribution in [0, 0.1) is 5.82 Å². The Labute approximate surface area is 162 Å². The third kappa shape index (κ3) is 6.55. The number of guanidine groups is 1. The Morgan fingerprint density at radius 3 is 2.42 bits per heavy atom. The summed E-state index contributed by atoms with van der Waals surface area (Å²) in [6.07, 6.45) is 5.04. The Bertz CT molecular complexity index is 498. The number of nitrogens with one attached hydrogen (secondary N) is 2. The lowest BCUT2D eigenvalue weighted by Crippen LogP contribution is -2.42. The van der Waals surface area contributed by atoms with Crippen molar-refractivity contribution in [2.75, 3.05) is 27.2 Å². The fourth-order valence-electron chi connectivity index (χ4n) is 3.01. The number of halogens is 2. The van der Waals surface area contributed by atoms with Gasteiger partial charge in [0.15, 0.2) is 5.96 Å². The van der Waals surface area contributed by atoms with E-state index in [-0.39, 0.29) is 35.8 Å². The van der Waals surface area contributed by atoms with E-state index in [4.69, 9.17) is 4.99 Å². The van der Waals surface area contributed by atoms with Crippen molar-refractivity contribution < 1.29 is 4.39 Å². The minimum Gasteiger partial charge on any atom is -0.357 e. The number of benzene rings is 1. The minimum absolute atomic E-state index is 0. The molecule has 0 aromatic heterocycles. The Morgan fingerprint density at radius 2 is 1.88 bits per heavy atom. The SMILES string of the molecule is CCNC(=NCC(c1ccc(F)cc1)N(C)C)NC1CCCC1.I. The van der Waals surface area contributed by atoms with E-state index in [1.807, 2.05) is 26.2 Å². The molecule has 0 bridgehead atoms. The molecule has 0 radical (unpaired) electrons. The lowest BCUT2D eigenvalue weighted by atomic mass is 10.1. The summed E-state index contributed by atoms with van der Waals surface area (Å²) in [6.45, 7) is 3.57. The van der Waals surface area contributed by atoms with Crippen molar-refractivity contribution in [2.45, 2.75) is 44.7 Å². The van der Waals surface area contributed by atoms with Crippen molar-refractivity contribution in [2.24, 2.45) is 4.99 Å². The van der Waals surface area contributed by atoms with Crippen molar-refractivity contribution in [3.8, 4) is 0 Å². The summed E-state index contributed by atoms with van der Waals surface area (Å²) in [7, 11) is 4.06. The molecule has 4 nitrogen and oxygen atoms in total. The Morgan fingerprint density at radius 1 is 1.25 bits per heavy atom. The maximum absolute atomic E-state index is 13.1. The Kier molecular flexibility index (Phi) is 9.58. The van der Waals surface area contributed by atoms with Crippen LogP contribution in [0.15, 0.2) is 29.3 Å². The van der Waals surface area contributed by atoms with Crippen LogP contribution in [-0.2, 0) is 0 Å². The molecule has 0 amide bonds. The second kappa shape index (κ2) is 10.9. The van der Waals surface area contributed by atoms with Gasteiger partial charge >= 0.3 is 0 Å². The molecule has 1 saturated carbocycles. The van der Waals surface area contributed by atoms with Gasteiger partial charge in [-0.3, -0.25) is 4.99 Å². The van der Waals surface area contributed by atoms with E-state index in [0.29, 0.717) is 12.6 Å². The van der Waals surface area contributed by atoms with Gasteiger partial charge in [0.2, 0.25) is 0 Å². The average molecular weight is 448 g/mol. The van der Waals surface area contributed by atoms with Crippen LogP contribution >= 0.6 is 24.0 Å². The van der Waals surface area contributed by atoms with Gasteiger partial charge in [0.25, 0.3) is 0 Å². The number of hydrogen-bond acceptors (Lipinski definition) is 2. The maximum atomic E-state index is 13.1. The Hall–Kier alpha value is -0.890. The molecule has 2 rings (SSSR count). The van der Waals surface area contributed by atoms with Crippen molar-refractivity contribution in [3.63, 3.8) is 0 Å². The largest absolute Gasteiger partial charge is 0.357 e. The lowest BCUT2D eigenvalue weighted by Gasteiger charge is -2.24. The predicted molar refractivity (Wildman–Crippen MR) is 110 cm³/mol. The second-order valence-electron chi connectivity index (χ2n) is 6.38. The van der Waals surface area contributed by atoms with Crippen LogP contribution in [0.5, 0.6) is 0 Å². The van der Waals surface area contributed by atoms with E-state index in [9.17, 15) is 4.39 Å². The van der Waals surface area contributed by atoms with Gasteiger partial charge in [-0.15, -0.1) is 24.0 Å². The number of aliphatic imine (C=N–C) groups is 1. The van der Waals surface area contributed by atoms with Gasteiger partial charge in [-0.25, -0.2) is 4.39 Å². The predicted octanol–water partition coefficient (Wildman–Crippen LogP) is 3.54. The maximum Gasteiger partial charge on any atom is 0.191 e. The molecule has 0 aliphatic heterocycles. The normalized spacial score (nSPS) is 16.8. The first-order chi connectivity index (χ1) is 11.1. The average Bonchev–Trinajstić information content (AvgIpc) is 3.02. The summed E-state index contributed by atoms with van der Waals surface area (Å²) in [5, 5.41) is 6.86. The highest BCUT2D eigenvalue weighted by Crippen LogP contribution is 2.20. The zero-order chi connectivity index (χ0) is 16.7. The van der Waals surface area contributed by atoms with E-state index in [1.165, 1.54) is 37.8 Å². The van der Waals surface area contributed by atoms with Gasteiger partial charge in [-0.1, -0.05) is 25.0 Å². The van der Waals surface area contributed by atoms with Gasteiger partial charge in [-0.2, -0.15) is 0 Å². The summed E-state index contributed by atoms with van der Waals surface area (Å²) in [5.74, 6) is 0.680. The van der Waals surface area contributed by atoms with Gasteiger partial charge in [0, 0.05) is 12.6 Å². The van der Waals surface area contributed by atoms with E-state index in [0.717, 1.165) is 18.1 Å². The number of likely N-dealkylation sites (N-methyl/N-ethyl adjacent to an activating group) is 1. The fourth-order valence-corrected chi connectivity index (χ4v) is 3.01. The number of rotatable bonds is 6. The first-order valence-electron chi connectivity index (χ1n) is 8.57. The van der Waals surface area contributed by atoms with Crippen LogP contribution in [-0.4, -0.2) is 44.1 Å². The minimum atomic E-state index is -0.203. The van der Waals surface area contributed by atoms with Crippen LogP contribution < -0.4 is 10.6 Å². The molecule has 136 valence electrons. The summed E-state index contributed by atoms with van der Waals surface area (Å²) >= 11 is 0. The first kappa shape index (κ1) is 21.2. The van der Waals surface area contributed by atoms with E-state index in [2.05, 4.69) is 22.5 Å². The topological polar surface area (TPSA) is 39.7 Å². The van der Waals surface area contributed by atoms with Crippen molar-refractivity contribution in [3.05, 3.63) is 35.6 Å². The Balaban J connectivity index is 0.00000288. The lowest BCUT2D eigenvalue weighted by molar-refractivity contribution is 0.306. The quantitative estimate of drug-likeness (QED) is 0.398. The first-order valence-corrected chi connectivity index (χ1v) is 8.57. The highest BCUT2D eigenvalue weighted by molar-refractivity contribution is 14.0. The van der Waals surface area contributed by atoms with Gasteiger partial charge in [-0.05, 0) is 51.6 Å². The van der Waals surface area contributed by atoms with Crippen LogP contribution in [0.25, 0.3) is 0 Å². The van der Waals surface area contributed by atoms with E-state index < -0.39 is 0 Å². The van der Waals surface area contributed by atoms with Gasteiger partial charge in [0.05, 0.1) is 12.6 Å². The van der Waals surface area contributed by atoms with Crippen LogP contribution in [0.4, 0.5) is 4.39 Å². The monoisotopic (exact) mass is 448 g/mol. The zero-order valence-corrected chi connectivity index (χ0v) is 17.2. The molecular formula is C18H30FIN4. The third-order valence-electron chi connectivity index (χ3n) is 4.34. The molecule has 6 heteroatoms. The molecule has 0 heterocycles. The van der Waals surface area contributed by atoms with E-state index >= 15 is 0 Å². The number of hydrogen-bond donors (Lipinski definition) is 2.